The van der Waals surface area contributed by atoms with Gasteiger partial charge in [-0.3, -0.25) is 0 Å². The smallest absolute Gasteiger partial charge is 0.242 e. The van der Waals surface area contributed by atoms with Crippen LogP contribution in [-0.4, -0.2) is 9.78 Å². The maximum Gasteiger partial charge on any atom is 0.422 e. The third kappa shape index (κ3) is 1.33. The first-order valence-corrected chi connectivity index (χ1v) is 2.67. The first kappa shape index (κ1) is 8.03. The number of hydrogen-bond donors (Lipinski definition) is 0. The van der Waals surface area contributed by atoms with Gasteiger partial charge >= 0.3 is 6.18 Å². The Bertz CT molecular complexity index is 262. The Morgan fingerprint density at radius 2 is 2.00 bits per heavy atom. The second-order valence-electron chi connectivity index (χ2n) is 1.97. The molecule has 0 saturated heterocycles. The number of alkyl halides is 3. The molecule has 11 heavy (non-hydrogen) atoms. The highest BCUT2D eigenvalue weighted by Gasteiger charge is 2.36. The second kappa shape index (κ2) is 2.21. The molecule has 0 unspecified atom stereocenters. The van der Waals surface area contributed by atoms with Gasteiger partial charge in [0.1, 0.15) is 5.56 Å². The normalized spacial score (nSPS) is 12.1. The van der Waals surface area contributed by atoms with Gasteiger partial charge in [0.05, 0.1) is 6.20 Å². The lowest BCUT2D eigenvalue weighted by molar-refractivity contribution is -0.140. The summed E-state index contributed by atoms with van der Waals surface area (Å²) in [5, 5.41) is 3.10. The van der Waals surface area contributed by atoms with E-state index in [-0.39, 0.29) is 0 Å². The van der Waals surface area contributed by atoms with Gasteiger partial charge in [0.25, 0.3) is 0 Å². The molecule has 0 spiro atoms. The molecule has 0 fully saturated rings. The van der Waals surface area contributed by atoms with Crippen LogP contribution in [0.5, 0.6) is 0 Å². The summed E-state index contributed by atoms with van der Waals surface area (Å²) in [6.45, 7) is 0. The topological polar surface area (TPSA) is 17.8 Å². The zero-order valence-electron chi connectivity index (χ0n) is 5.48. The first-order chi connectivity index (χ1) is 4.93. The predicted octanol–water partition coefficient (Wildman–Crippen LogP) is 1.58. The quantitative estimate of drug-likeness (QED) is 0.537. The average Bonchev–Trinajstić information content (AvgIpc) is 2.11. The maximum atomic E-state index is 12.4. The van der Waals surface area contributed by atoms with Crippen LogP contribution in [0.1, 0.15) is 5.56 Å². The molecule has 0 aromatic carbocycles. The molecule has 0 radical (unpaired) electrons. The zero-order valence-corrected chi connectivity index (χ0v) is 5.48. The van der Waals surface area contributed by atoms with E-state index in [0.717, 1.165) is 7.05 Å². The minimum atomic E-state index is -4.65. The molecular formula is C5H4F4N2. The number of halogens is 4. The van der Waals surface area contributed by atoms with Crippen LogP contribution in [-0.2, 0) is 13.2 Å². The molecule has 0 aliphatic heterocycles. The van der Waals surface area contributed by atoms with Crippen molar-refractivity contribution in [1.82, 2.24) is 9.78 Å². The molecule has 1 aromatic rings. The van der Waals surface area contributed by atoms with E-state index < -0.39 is 17.7 Å². The molecule has 6 heteroatoms. The fraction of sp³-hybridized carbons (Fsp3) is 0.400. The van der Waals surface area contributed by atoms with E-state index in [1.165, 1.54) is 0 Å². The van der Waals surface area contributed by atoms with Crippen molar-refractivity contribution in [2.75, 3.05) is 0 Å². The van der Waals surface area contributed by atoms with Crippen LogP contribution in [0.2, 0.25) is 0 Å². The molecule has 62 valence electrons. The van der Waals surface area contributed by atoms with Gasteiger partial charge in [0.15, 0.2) is 0 Å². The van der Waals surface area contributed by atoms with Crippen molar-refractivity contribution >= 4 is 0 Å². The molecule has 0 bridgehead atoms. The first-order valence-electron chi connectivity index (χ1n) is 2.67. The number of aryl methyl sites for hydroxylation is 1. The Balaban J connectivity index is 3.15. The van der Waals surface area contributed by atoms with E-state index >= 15 is 0 Å². The fourth-order valence-corrected chi connectivity index (χ4v) is 0.613. The monoisotopic (exact) mass is 168 g/mol. The Labute approximate surface area is 59.4 Å². The number of nitrogens with zero attached hydrogens (tertiary/aromatic N) is 2. The van der Waals surface area contributed by atoms with Crippen molar-refractivity contribution in [2.24, 2.45) is 7.05 Å². The molecule has 1 heterocycles. The molecular weight excluding hydrogens is 164 g/mol. The van der Waals surface area contributed by atoms with E-state index in [1.807, 2.05) is 0 Å². The lowest BCUT2D eigenvalue weighted by atomic mass is 10.3. The van der Waals surface area contributed by atoms with Crippen LogP contribution in [0.4, 0.5) is 17.6 Å². The van der Waals surface area contributed by atoms with Crippen LogP contribution in [0.3, 0.4) is 0 Å². The number of hydrogen-bond acceptors (Lipinski definition) is 1. The summed E-state index contributed by atoms with van der Waals surface area (Å²) in [5.74, 6) is -1.36. The van der Waals surface area contributed by atoms with Crippen LogP contribution in [0.15, 0.2) is 6.20 Å². The minimum absolute atomic E-state index is 0.454. The molecule has 1 rings (SSSR count). The van der Waals surface area contributed by atoms with Gasteiger partial charge in [-0.25, -0.2) is 4.68 Å². The average molecular weight is 168 g/mol. The van der Waals surface area contributed by atoms with Crippen molar-refractivity contribution in [3.8, 4) is 0 Å². The summed E-state index contributed by atoms with van der Waals surface area (Å²) in [6, 6.07) is 0. The van der Waals surface area contributed by atoms with Gasteiger partial charge in [0, 0.05) is 7.05 Å². The summed E-state index contributed by atoms with van der Waals surface area (Å²) < 4.78 is 48.3. The predicted molar refractivity (Wildman–Crippen MR) is 28.2 cm³/mol. The van der Waals surface area contributed by atoms with E-state index in [2.05, 4.69) is 5.10 Å². The second-order valence-corrected chi connectivity index (χ2v) is 1.97. The highest BCUT2D eigenvalue weighted by atomic mass is 19.4. The van der Waals surface area contributed by atoms with E-state index in [1.54, 1.807) is 0 Å². The number of rotatable bonds is 0. The molecule has 0 aliphatic carbocycles. The Morgan fingerprint density at radius 1 is 1.45 bits per heavy atom. The van der Waals surface area contributed by atoms with Gasteiger partial charge in [-0.2, -0.15) is 22.7 Å². The maximum absolute atomic E-state index is 12.4. The van der Waals surface area contributed by atoms with Crippen molar-refractivity contribution in [2.45, 2.75) is 6.18 Å². The standard InChI is InChI=1S/C5H4F4N2/c1-11-4(6)3(2-10-11)5(7,8)9/h2H,1H3. The summed E-state index contributed by atoms with van der Waals surface area (Å²) in [4.78, 5) is 0. The van der Waals surface area contributed by atoms with Crippen LogP contribution < -0.4 is 0 Å². The van der Waals surface area contributed by atoms with Gasteiger partial charge < -0.3 is 0 Å². The highest BCUT2D eigenvalue weighted by molar-refractivity contribution is 5.10. The van der Waals surface area contributed by atoms with Gasteiger partial charge in [0.2, 0.25) is 5.95 Å². The molecule has 0 aliphatic rings. The Hall–Kier alpha value is -1.07. The third-order valence-corrected chi connectivity index (χ3v) is 1.17. The van der Waals surface area contributed by atoms with Crippen molar-refractivity contribution in [1.29, 1.82) is 0 Å². The molecule has 1 aromatic heterocycles. The van der Waals surface area contributed by atoms with Gasteiger partial charge in [-0.15, -0.1) is 0 Å². The Kier molecular flexibility index (Phi) is 1.62. The van der Waals surface area contributed by atoms with Crippen LogP contribution in [0.25, 0.3) is 0 Å². The van der Waals surface area contributed by atoms with E-state index in [4.69, 9.17) is 0 Å². The molecule has 0 saturated carbocycles. The molecule has 0 amide bonds. The largest absolute Gasteiger partial charge is 0.422 e. The van der Waals surface area contributed by atoms with Gasteiger partial charge in [-0.1, -0.05) is 0 Å². The third-order valence-electron chi connectivity index (χ3n) is 1.17. The van der Waals surface area contributed by atoms with Crippen molar-refractivity contribution < 1.29 is 17.6 Å². The summed E-state index contributed by atoms with van der Waals surface area (Å²) in [7, 11) is 1.10. The molecule has 0 N–H and O–H groups in total. The van der Waals surface area contributed by atoms with Crippen molar-refractivity contribution in [3.63, 3.8) is 0 Å². The molecule has 2 nitrogen and oxygen atoms in total. The lowest BCUT2D eigenvalue weighted by Gasteiger charge is -2.01. The highest BCUT2D eigenvalue weighted by Crippen LogP contribution is 2.30. The minimum Gasteiger partial charge on any atom is -0.242 e. The van der Waals surface area contributed by atoms with Crippen LogP contribution >= 0.6 is 0 Å². The summed E-state index contributed by atoms with van der Waals surface area (Å²) in [5.41, 5.74) is -1.33. The van der Waals surface area contributed by atoms with E-state index in [9.17, 15) is 17.6 Å². The summed E-state index contributed by atoms with van der Waals surface area (Å²) in [6.07, 6.45) is -4.20. The van der Waals surface area contributed by atoms with E-state index in [0.29, 0.717) is 10.9 Å². The SMILES string of the molecule is Cn1ncc(C(F)(F)F)c1F. The van der Waals surface area contributed by atoms with Crippen LogP contribution in [0, 0.1) is 5.95 Å². The molecule has 0 atom stereocenters. The fourth-order valence-electron chi connectivity index (χ4n) is 0.613. The summed E-state index contributed by atoms with van der Waals surface area (Å²) >= 11 is 0. The number of aromatic nitrogens is 2. The van der Waals surface area contributed by atoms with Crippen molar-refractivity contribution in [3.05, 3.63) is 17.7 Å². The zero-order chi connectivity index (χ0) is 8.65. The lowest BCUT2D eigenvalue weighted by Crippen LogP contribution is -2.07. The van der Waals surface area contributed by atoms with Gasteiger partial charge in [-0.05, 0) is 0 Å². The Morgan fingerprint density at radius 3 is 2.18 bits per heavy atom.